The van der Waals surface area contributed by atoms with Crippen molar-refractivity contribution in [2.75, 3.05) is 11.5 Å². The molecule has 0 spiro atoms. The predicted molar refractivity (Wildman–Crippen MR) is 87.1 cm³/mol. The average Bonchev–Trinajstić information content (AvgIpc) is 3.13. The molecular weight excluding hydrogens is 314 g/mol. The predicted octanol–water partition coefficient (Wildman–Crippen LogP) is 1.11. The summed E-state index contributed by atoms with van der Waals surface area (Å²) in [5, 5.41) is 7.09. The van der Waals surface area contributed by atoms with E-state index in [9.17, 15) is 13.2 Å². The van der Waals surface area contributed by atoms with Gasteiger partial charge in [0.1, 0.15) is 0 Å². The molecule has 1 aromatic heterocycles. The molecule has 1 N–H and O–H groups in total. The molecule has 23 heavy (non-hydrogen) atoms. The first-order valence-electron chi connectivity index (χ1n) is 7.61. The van der Waals surface area contributed by atoms with Crippen LogP contribution in [0.5, 0.6) is 0 Å². The van der Waals surface area contributed by atoms with Crippen LogP contribution in [0.25, 0.3) is 5.69 Å². The lowest BCUT2D eigenvalue weighted by Crippen LogP contribution is -2.35. The quantitative estimate of drug-likeness (QED) is 0.889. The number of amides is 1. The van der Waals surface area contributed by atoms with E-state index >= 15 is 0 Å². The van der Waals surface area contributed by atoms with Gasteiger partial charge < -0.3 is 5.32 Å². The fourth-order valence-corrected chi connectivity index (χ4v) is 4.35. The zero-order chi connectivity index (χ0) is 16.3. The van der Waals surface area contributed by atoms with Crippen LogP contribution >= 0.6 is 0 Å². The Morgan fingerprint density at radius 1 is 1.30 bits per heavy atom. The van der Waals surface area contributed by atoms with Crippen molar-refractivity contribution in [3.8, 4) is 5.69 Å². The lowest BCUT2D eigenvalue weighted by Gasteiger charge is -2.10. The van der Waals surface area contributed by atoms with Gasteiger partial charge in [-0.2, -0.15) is 5.10 Å². The molecule has 0 radical (unpaired) electrons. The van der Waals surface area contributed by atoms with Gasteiger partial charge in [0.2, 0.25) is 5.91 Å². The highest BCUT2D eigenvalue weighted by atomic mass is 32.2. The molecule has 3 rings (SSSR count). The van der Waals surface area contributed by atoms with E-state index in [1.54, 1.807) is 10.9 Å². The Bertz CT molecular complexity index is 784. The Kier molecular flexibility index (Phi) is 4.47. The molecule has 6 nitrogen and oxygen atoms in total. The normalized spacial score (nSPS) is 19.6. The van der Waals surface area contributed by atoms with Crippen LogP contribution in [0.4, 0.5) is 0 Å². The van der Waals surface area contributed by atoms with Crippen LogP contribution in [0, 0.1) is 0 Å². The Morgan fingerprint density at radius 2 is 2.09 bits per heavy atom. The molecule has 0 saturated carbocycles. The first-order chi connectivity index (χ1) is 11.0. The molecule has 1 aliphatic heterocycles. The van der Waals surface area contributed by atoms with Gasteiger partial charge in [0, 0.05) is 18.7 Å². The number of carbonyl (C=O) groups is 1. The van der Waals surface area contributed by atoms with Crippen molar-refractivity contribution in [1.82, 2.24) is 15.1 Å². The molecule has 1 fully saturated rings. The summed E-state index contributed by atoms with van der Waals surface area (Å²) < 4.78 is 24.5. The number of aryl methyl sites for hydroxylation is 1. The summed E-state index contributed by atoms with van der Waals surface area (Å²) >= 11 is 0. The minimum atomic E-state index is -2.96. The number of aromatic nitrogens is 2. The number of benzene rings is 1. The zero-order valence-electron chi connectivity index (χ0n) is 12.7. The molecule has 7 heteroatoms. The van der Waals surface area contributed by atoms with Crippen LogP contribution in [0.1, 0.15) is 18.4 Å². The van der Waals surface area contributed by atoms with Crippen molar-refractivity contribution < 1.29 is 13.2 Å². The number of sulfone groups is 1. The number of nitrogens with one attached hydrogen (secondary N) is 1. The molecular formula is C16H19N3O3S. The molecule has 2 heterocycles. The molecule has 0 aliphatic carbocycles. The van der Waals surface area contributed by atoms with Gasteiger partial charge in [0.15, 0.2) is 9.84 Å². The second-order valence-corrected chi connectivity index (χ2v) is 8.02. The lowest BCUT2D eigenvalue weighted by atomic mass is 10.2. The van der Waals surface area contributed by atoms with E-state index in [1.165, 1.54) is 0 Å². The van der Waals surface area contributed by atoms with Gasteiger partial charge in [-0.25, -0.2) is 13.1 Å². The summed E-state index contributed by atoms with van der Waals surface area (Å²) in [4.78, 5) is 11.9. The van der Waals surface area contributed by atoms with Crippen LogP contribution in [0.3, 0.4) is 0 Å². The monoisotopic (exact) mass is 333 g/mol. The fourth-order valence-electron chi connectivity index (χ4n) is 2.68. The van der Waals surface area contributed by atoms with Crippen molar-refractivity contribution in [3.05, 3.63) is 48.3 Å². The third-order valence-electron chi connectivity index (χ3n) is 3.90. The van der Waals surface area contributed by atoms with E-state index in [0.717, 1.165) is 11.3 Å². The first kappa shape index (κ1) is 15.7. The average molecular weight is 333 g/mol. The maximum Gasteiger partial charge on any atom is 0.220 e. The molecule has 1 aliphatic rings. The summed E-state index contributed by atoms with van der Waals surface area (Å²) in [5.41, 5.74) is 1.95. The van der Waals surface area contributed by atoms with Crippen molar-refractivity contribution in [2.45, 2.75) is 25.3 Å². The van der Waals surface area contributed by atoms with Crippen LogP contribution in [0.15, 0.2) is 42.7 Å². The van der Waals surface area contributed by atoms with E-state index in [4.69, 9.17) is 0 Å². The summed E-state index contributed by atoms with van der Waals surface area (Å²) in [6.07, 6.45) is 5.08. The number of hydrogen-bond acceptors (Lipinski definition) is 4. The Balaban J connectivity index is 1.51. The molecule has 1 aromatic carbocycles. The topological polar surface area (TPSA) is 81.1 Å². The summed E-state index contributed by atoms with van der Waals surface area (Å²) in [6.45, 7) is 0. The minimum Gasteiger partial charge on any atom is -0.352 e. The Hall–Kier alpha value is -2.15. The molecule has 1 atom stereocenters. The van der Waals surface area contributed by atoms with E-state index in [0.29, 0.717) is 19.3 Å². The van der Waals surface area contributed by atoms with Gasteiger partial charge in [0.05, 0.1) is 23.4 Å². The van der Waals surface area contributed by atoms with E-state index in [2.05, 4.69) is 10.4 Å². The van der Waals surface area contributed by atoms with E-state index < -0.39 is 9.84 Å². The number of nitrogens with zero attached hydrogens (tertiary/aromatic N) is 2. The Labute approximate surface area is 135 Å². The van der Waals surface area contributed by atoms with Gasteiger partial charge >= 0.3 is 0 Å². The second-order valence-electron chi connectivity index (χ2n) is 5.80. The molecule has 0 bridgehead atoms. The van der Waals surface area contributed by atoms with Gasteiger partial charge in [-0.3, -0.25) is 4.79 Å². The second kappa shape index (κ2) is 6.54. The highest BCUT2D eigenvalue weighted by Gasteiger charge is 2.28. The van der Waals surface area contributed by atoms with E-state index in [1.807, 2.05) is 36.5 Å². The smallest absolute Gasteiger partial charge is 0.220 e. The maximum atomic E-state index is 11.9. The molecule has 1 unspecified atom stereocenters. The van der Waals surface area contributed by atoms with Crippen molar-refractivity contribution in [1.29, 1.82) is 0 Å². The lowest BCUT2D eigenvalue weighted by molar-refractivity contribution is -0.121. The van der Waals surface area contributed by atoms with Gasteiger partial charge in [0.25, 0.3) is 0 Å². The summed E-state index contributed by atoms with van der Waals surface area (Å²) in [5.74, 6) is 0.117. The van der Waals surface area contributed by atoms with Crippen LogP contribution in [-0.2, 0) is 21.1 Å². The SMILES string of the molecule is O=C(CCc1cnn(-c2ccccc2)c1)NC1CCS(=O)(=O)C1. The molecule has 2 aromatic rings. The number of hydrogen-bond donors (Lipinski definition) is 1. The number of carbonyl (C=O) groups excluding carboxylic acids is 1. The van der Waals surface area contributed by atoms with Crippen LogP contribution in [0.2, 0.25) is 0 Å². The maximum absolute atomic E-state index is 11.9. The van der Waals surface area contributed by atoms with Gasteiger partial charge in [-0.15, -0.1) is 0 Å². The standard InChI is InChI=1S/C16H19N3O3S/c20-16(18-14-8-9-23(21,22)12-14)7-6-13-10-17-19(11-13)15-4-2-1-3-5-15/h1-5,10-11,14H,6-9,12H2,(H,18,20). The zero-order valence-corrected chi connectivity index (χ0v) is 13.5. The minimum absolute atomic E-state index is 0.0602. The largest absolute Gasteiger partial charge is 0.352 e. The van der Waals surface area contributed by atoms with Crippen LogP contribution in [-0.4, -0.2) is 41.7 Å². The molecule has 1 amide bonds. The van der Waals surface area contributed by atoms with Crippen molar-refractivity contribution in [3.63, 3.8) is 0 Å². The third kappa shape index (κ3) is 4.19. The Morgan fingerprint density at radius 3 is 2.78 bits per heavy atom. The van der Waals surface area contributed by atoms with Gasteiger partial charge in [-0.1, -0.05) is 18.2 Å². The molecule has 1 saturated heterocycles. The third-order valence-corrected chi connectivity index (χ3v) is 5.66. The van der Waals surface area contributed by atoms with Gasteiger partial charge in [-0.05, 0) is 30.5 Å². The molecule has 122 valence electrons. The van der Waals surface area contributed by atoms with E-state index in [-0.39, 0.29) is 23.5 Å². The van der Waals surface area contributed by atoms with Crippen molar-refractivity contribution in [2.24, 2.45) is 0 Å². The highest BCUT2D eigenvalue weighted by molar-refractivity contribution is 7.91. The first-order valence-corrected chi connectivity index (χ1v) is 9.43. The van der Waals surface area contributed by atoms with Crippen LogP contribution < -0.4 is 5.32 Å². The van der Waals surface area contributed by atoms with Crippen molar-refractivity contribution >= 4 is 15.7 Å². The summed E-state index contributed by atoms with van der Waals surface area (Å²) in [7, 11) is -2.96. The number of para-hydroxylation sites is 1. The highest BCUT2D eigenvalue weighted by Crippen LogP contribution is 2.12. The fraction of sp³-hybridized carbons (Fsp3) is 0.375. The number of rotatable bonds is 5. The summed E-state index contributed by atoms with van der Waals surface area (Å²) in [6, 6.07) is 9.52.